The summed E-state index contributed by atoms with van der Waals surface area (Å²) in [5.74, 6) is -7.65. The number of carbonyl (C=O) groups excluding carboxylic acids is 7. The molecule has 0 aliphatic carbocycles. The Balaban J connectivity index is 1.19. The minimum atomic E-state index is -1.53. The van der Waals surface area contributed by atoms with Gasteiger partial charge >= 0.3 is 5.97 Å². The van der Waals surface area contributed by atoms with Gasteiger partial charge in [-0.3, -0.25) is 38.4 Å². The number of phenolic OH excluding ortho intramolecular Hbond substituents is 1. The van der Waals surface area contributed by atoms with Gasteiger partial charge in [-0.15, -0.1) is 0 Å². The minimum absolute atomic E-state index is 0.0353. The molecule has 0 aliphatic rings. The van der Waals surface area contributed by atoms with Crippen molar-refractivity contribution in [2.24, 2.45) is 23.1 Å². The molecule has 79 heavy (non-hydrogen) atoms. The predicted molar refractivity (Wildman–Crippen MR) is 297 cm³/mol. The maximum atomic E-state index is 14.9. The first-order chi connectivity index (χ1) is 37.9. The SMILES string of the molecule is CC(C)[C@@H](NC(=O)[C@@H](Cc1c[nH]c2ccccc12)NC(=O)[C@H](Cc1ccc(O)cc1)NC(=O)[C@@H](N)CC(=O)O)C(=O)N[C@@H](Cc1c[nH]c2ccccc12)C(=O)N[C@@H](Cc1c[nH]c2ccccc12)C(=O)N[C@H](CCCCN)C(N)=O. The number of para-hydroxylation sites is 3. The molecule has 4 aromatic carbocycles. The topological polar surface area (TPSA) is 375 Å². The van der Waals surface area contributed by atoms with E-state index in [0.717, 1.165) is 32.7 Å². The van der Waals surface area contributed by atoms with E-state index >= 15 is 0 Å². The monoisotopic (exact) mass is 1080 g/mol. The lowest BCUT2D eigenvalue weighted by Gasteiger charge is -2.29. The number of amides is 7. The van der Waals surface area contributed by atoms with Crippen LogP contribution in [0.15, 0.2) is 116 Å². The molecule has 22 heteroatoms. The van der Waals surface area contributed by atoms with Gasteiger partial charge in [-0.1, -0.05) is 80.6 Å². The van der Waals surface area contributed by atoms with Gasteiger partial charge in [0.05, 0.1) is 12.5 Å². The van der Waals surface area contributed by atoms with Crippen LogP contribution in [0.25, 0.3) is 32.7 Å². The molecule has 0 bridgehead atoms. The molecule has 7 atom stereocenters. The van der Waals surface area contributed by atoms with Crippen molar-refractivity contribution in [2.45, 2.75) is 108 Å². The molecule has 0 saturated heterocycles. The molecular formula is C57H68N12O10. The van der Waals surface area contributed by atoms with Gasteiger partial charge in [-0.2, -0.15) is 0 Å². The first kappa shape index (κ1) is 57.7. The average Bonchev–Trinajstić information content (AvgIpc) is 4.18. The van der Waals surface area contributed by atoms with E-state index in [0.29, 0.717) is 41.6 Å². The smallest absolute Gasteiger partial charge is 0.305 e. The third kappa shape index (κ3) is 15.4. The van der Waals surface area contributed by atoms with Gasteiger partial charge in [0.15, 0.2) is 0 Å². The minimum Gasteiger partial charge on any atom is -0.508 e. The number of carboxylic acids is 1. The number of phenols is 1. The summed E-state index contributed by atoms with van der Waals surface area (Å²) in [6, 6.07) is 18.4. The van der Waals surface area contributed by atoms with Crippen LogP contribution in [0.3, 0.4) is 0 Å². The molecule has 3 aromatic heterocycles. The van der Waals surface area contributed by atoms with Crippen LogP contribution < -0.4 is 49.1 Å². The summed E-state index contributed by atoms with van der Waals surface area (Å²) in [6.07, 6.45) is 5.26. The molecule has 7 rings (SSSR count). The van der Waals surface area contributed by atoms with E-state index < -0.39 is 102 Å². The molecule has 17 N–H and O–H groups in total. The zero-order valence-electron chi connectivity index (χ0n) is 43.8. The maximum absolute atomic E-state index is 14.9. The molecule has 416 valence electrons. The van der Waals surface area contributed by atoms with Crippen molar-refractivity contribution in [1.82, 2.24) is 46.9 Å². The van der Waals surface area contributed by atoms with Gasteiger partial charge in [0.2, 0.25) is 41.4 Å². The van der Waals surface area contributed by atoms with E-state index in [1.54, 1.807) is 38.5 Å². The normalized spacial score (nSPS) is 14.1. The summed E-state index contributed by atoms with van der Waals surface area (Å²) in [4.78, 5) is 120. The highest BCUT2D eigenvalue weighted by Gasteiger charge is 2.36. The van der Waals surface area contributed by atoms with Gasteiger partial charge in [0, 0.05) is 77.0 Å². The molecule has 7 amide bonds. The first-order valence-electron chi connectivity index (χ1n) is 26.1. The van der Waals surface area contributed by atoms with Gasteiger partial charge in [-0.05, 0) is 84.3 Å². The molecule has 3 heterocycles. The third-order valence-corrected chi connectivity index (χ3v) is 13.8. The van der Waals surface area contributed by atoms with Crippen LogP contribution in [0, 0.1) is 5.92 Å². The molecular weight excluding hydrogens is 1010 g/mol. The number of unbranched alkanes of at least 4 members (excludes halogenated alkanes) is 1. The molecule has 0 fully saturated rings. The number of carbonyl (C=O) groups is 8. The van der Waals surface area contributed by atoms with Crippen LogP contribution in [0.5, 0.6) is 5.75 Å². The molecule has 0 aliphatic heterocycles. The van der Waals surface area contributed by atoms with Crippen molar-refractivity contribution in [3.05, 3.63) is 138 Å². The number of aromatic amines is 3. The number of aromatic hydroxyl groups is 1. The highest BCUT2D eigenvalue weighted by atomic mass is 16.4. The molecule has 22 nitrogen and oxygen atoms in total. The van der Waals surface area contributed by atoms with Crippen molar-refractivity contribution < 1.29 is 48.6 Å². The molecule has 0 spiro atoms. The van der Waals surface area contributed by atoms with Crippen molar-refractivity contribution in [1.29, 1.82) is 0 Å². The third-order valence-electron chi connectivity index (χ3n) is 13.8. The lowest BCUT2D eigenvalue weighted by Crippen LogP contribution is -2.61. The molecule has 7 aromatic rings. The van der Waals surface area contributed by atoms with Crippen molar-refractivity contribution >= 4 is 80.0 Å². The van der Waals surface area contributed by atoms with Crippen LogP contribution in [0.4, 0.5) is 0 Å². The summed E-state index contributed by atoms with van der Waals surface area (Å²) in [5, 5.41) is 38.1. The van der Waals surface area contributed by atoms with Crippen molar-refractivity contribution in [3.63, 3.8) is 0 Å². The van der Waals surface area contributed by atoms with Crippen molar-refractivity contribution in [2.75, 3.05) is 6.54 Å². The van der Waals surface area contributed by atoms with Gasteiger partial charge in [-0.25, -0.2) is 0 Å². The zero-order valence-corrected chi connectivity index (χ0v) is 43.8. The average molecular weight is 1080 g/mol. The molecule has 0 unspecified atom stereocenters. The largest absolute Gasteiger partial charge is 0.508 e. The number of nitrogens with one attached hydrogen (secondary N) is 9. The van der Waals surface area contributed by atoms with E-state index in [4.69, 9.17) is 17.2 Å². The Morgan fingerprint density at radius 1 is 0.506 bits per heavy atom. The predicted octanol–water partition coefficient (Wildman–Crippen LogP) is 2.09. The fourth-order valence-electron chi connectivity index (χ4n) is 9.47. The lowest BCUT2D eigenvalue weighted by atomic mass is 9.98. The Labute approximate surface area is 454 Å². The van der Waals surface area contributed by atoms with E-state index in [2.05, 4.69) is 46.9 Å². The number of nitrogens with two attached hydrogens (primary N) is 3. The fraction of sp³-hybridized carbons (Fsp3) is 0.333. The first-order valence-corrected chi connectivity index (χ1v) is 26.1. The maximum Gasteiger partial charge on any atom is 0.305 e. The number of aliphatic carboxylic acids is 1. The molecule has 0 saturated carbocycles. The van der Waals surface area contributed by atoms with Crippen LogP contribution in [-0.4, -0.2) is 121 Å². The van der Waals surface area contributed by atoms with E-state index in [1.807, 2.05) is 66.7 Å². The number of H-pyrrole nitrogens is 3. The Kier molecular flexibility index (Phi) is 19.6. The van der Waals surface area contributed by atoms with E-state index in [1.165, 1.54) is 24.3 Å². The Hall–Kier alpha value is -9.02. The van der Waals surface area contributed by atoms with Gasteiger partial charge in [0.1, 0.15) is 42.0 Å². The summed E-state index contributed by atoms with van der Waals surface area (Å²) in [7, 11) is 0. The number of carboxylic acid groups (broad SMARTS) is 1. The quantitative estimate of drug-likeness (QED) is 0.0314. The standard InChI is InChI=1S/C57H68N12O10/c1-31(2)50(69-56(78)48(26-35-30-63-43-16-8-5-13-39(35)43)67-53(75)45(23-32-18-20-36(70)21-19-32)65-52(74)40(59)27-49(71)72)57(79)68-47(25-34-29-62-42-15-7-4-12-38(34)42)55(77)66-46(24-33-28-61-41-14-6-3-11-37(33)41)54(76)64-44(51(60)73)17-9-10-22-58/h3-8,11-16,18-21,28-31,40,44-48,50,61-63,70H,9-10,17,22-27,58-59H2,1-2H3,(H2,60,73)(H,64,76)(H,65,74)(H,66,77)(H,67,75)(H,68,79)(H,69,78)(H,71,72)/t40-,44+,45-,46-,47-,48+,50+/m0/s1. The number of hydrogen-bond acceptors (Lipinski definition) is 11. The number of primary amides is 1. The second kappa shape index (κ2) is 26.8. The number of aromatic nitrogens is 3. The summed E-state index contributed by atoms with van der Waals surface area (Å²) < 4.78 is 0. The molecule has 0 radical (unpaired) electrons. The van der Waals surface area contributed by atoms with Crippen LogP contribution in [-0.2, 0) is 64.0 Å². The van der Waals surface area contributed by atoms with Crippen molar-refractivity contribution in [3.8, 4) is 5.75 Å². The van der Waals surface area contributed by atoms with E-state index in [9.17, 15) is 48.6 Å². The van der Waals surface area contributed by atoms with Crippen LogP contribution in [0.2, 0.25) is 0 Å². The van der Waals surface area contributed by atoms with Gasteiger partial charge in [0.25, 0.3) is 0 Å². The second-order valence-corrected chi connectivity index (χ2v) is 20.0. The number of benzene rings is 4. The van der Waals surface area contributed by atoms with E-state index in [-0.39, 0.29) is 37.9 Å². The number of fused-ring (bicyclic) bond motifs is 3. The summed E-state index contributed by atoms with van der Waals surface area (Å²) >= 11 is 0. The Morgan fingerprint density at radius 3 is 1.32 bits per heavy atom. The lowest BCUT2D eigenvalue weighted by molar-refractivity contribution is -0.140. The second-order valence-electron chi connectivity index (χ2n) is 20.0. The highest BCUT2D eigenvalue weighted by molar-refractivity contribution is 5.99. The highest BCUT2D eigenvalue weighted by Crippen LogP contribution is 2.23. The van der Waals surface area contributed by atoms with Gasteiger partial charge < -0.3 is 74.3 Å². The Morgan fingerprint density at radius 2 is 0.899 bits per heavy atom. The summed E-state index contributed by atoms with van der Waals surface area (Å²) in [6.45, 7) is 3.73. The number of hydrogen-bond donors (Lipinski definition) is 14. The number of rotatable bonds is 28. The van der Waals surface area contributed by atoms with Crippen LogP contribution in [0.1, 0.15) is 61.8 Å². The zero-order chi connectivity index (χ0) is 56.8. The Bertz CT molecular complexity index is 3290. The summed E-state index contributed by atoms with van der Waals surface area (Å²) in [5.41, 5.74) is 22.1. The fourth-order valence-corrected chi connectivity index (χ4v) is 9.47. The van der Waals surface area contributed by atoms with Crippen LogP contribution >= 0.6 is 0 Å².